The Labute approximate surface area is 216 Å². The molecule has 0 radical (unpaired) electrons. The molecule has 5 amide bonds. The molecule has 14 heteroatoms. The highest BCUT2D eigenvalue weighted by molar-refractivity contribution is 6.46. The summed E-state index contributed by atoms with van der Waals surface area (Å²) in [5.74, 6) is -0.246. The first-order chi connectivity index (χ1) is 17.9. The molecular formula is C23H38BN7O6. The highest BCUT2D eigenvalue weighted by atomic mass is 16.5. The number of fused-ring (bicyclic) bond motifs is 1. The Morgan fingerprint density at radius 3 is 2.49 bits per heavy atom. The van der Waals surface area contributed by atoms with Gasteiger partial charge in [0.2, 0.25) is 5.91 Å². The number of hydrogen-bond acceptors (Lipinski definition) is 8. The topological polar surface area (TPSA) is 204 Å². The van der Waals surface area contributed by atoms with Crippen molar-refractivity contribution in [1.29, 1.82) is 0 Å². The molecular weight excluding hydrogens is 481 g/mol. The summed E-state index contributed by atoms with van der Waals surface area (Å²) in [7, 11) is -1.21. The van der Waals surface area contributed by atoms with Crippen LogP contribution in [0.5, 0.6) is 5.75 Å². The summed E-state index contributed by atoms with van der Waals surface area (Å²) in [6.07, 6.45) is 1.95. The molecule has 1 aliphatic carbocycles. The summed E-state index contributed by atoms with van der Waals surface area (Å²) < 4.78 is 5.58. The van der Waals surface area contributed by atoms with Crippen LogP contribution in [0, 0.1) is 5.92 Å². The van der Waals surface area contributed by atoms with E-state index in [1.807, 2.05) is 6.07 Å². The van der Waals surface area contributed by atoms with Crippen molar-refractivity contribution in [2.75, 3.05) is 39.3 Å². The molecule has 37 heavy (non-hydrogen) atoms. The Hall–Kier alpha value is -3.07. The highest BCUT2D eigenvalue weighted by Crippen LogP contribution is 2.35. The number of aliphatic hydroxyl groups is 1. The van der Waals surface area contributed by atoms with Gasteiger partial charge < -0.3 is 52.4 Å². The summed E-state index contributed by atoms with van der Waals surface area (Å²) in [4.78, 5) is 38.7. The number of nitrogens with zero attached hydrogens (tertiary/aromatic N) is 1. The molecule has 2 aliphatic rings. The summed E-state index contributed by atoms with van der Waals surface area (Å²) in [6, 6.07) is 4.71. The predicted octanol–water partition coefficient (Wildman–Crippen LogP) is -1.98. The van der Waals surface area contributed by atoms with E-state index in [1.54, 1.807) is 17.0 Å². The number of aliphatic hydroxyl groups excluding tert-OH is 1. The first kappa shape index (κ1) is 28.5. The Balaban J connectivity index is 1.47. The second-order valence-corrected chi connectivity index (χ2v) is 9.33. The number of carbonyl (C=O) groups is 3. The lowest BCUT2D eigenvalue weighted by atomic mass is 9.71. The molecule has 0 spiro atoms. The van der Waals surface area contributed by atoms with Crippen molar-refractivity contribution in [1.82, 2.24) is 26.2 Å². The standard InChI is InChI=1S/C23H38BN7O6/c25-4-6-27-22(34)28-8-9-31(23(35)29-7-5-26)18-10-15(11-18)12-20(33)30-19-13-16-2-1-3-17(14-32)21(16)37-24(19)36/h1-3,15,18-19,32,36H,4-14,25-26H2,(H,29,35)(H,30,33)(H2,27,28,34)/t15?,18?,19-/m0/s1. The van der Waals surface area contributed by atoms with E-state index in [0.717, 1.165) is 5.56 Å². The van der Waals surface area contributed by atoms with Gasteiger partial charge in [-0.2, -0.15) is 0 Å². The van der Waals surface area contributed by atoms with E-state index < -0.39 is 13.1 Å². The lowest BCUT2D eigenvalue weighted by molar-refractivity contribution is -0.123. The van der Waals surface area contributed by atoms with Gasteiger partial charge in [0.05, 0.1) is 12.5 Å². The Morgan fingerprint density at radius 2 is 1.78 bits per heavy atom. The van der Waals surface area contributed by atoms with Crippen LogP contribution in [0.4, 0.5) is 9.59 Å². The van der Waals surface area contributed by atoms with Crippen LogP contribution in [0.3, 0.4) is 0 Å². The average Bonchev–Trinajstić information content (AvgIpc) is 2.86. The molecule has 13 nitrogen and oxygen atoms in total. The third-order valence-electron chi connectivity index (χ3n) is 6.59. The van der Waals surface area contributed by atoms with Gasteiger partial charge >= 0.3 is 19.2 Å². The van der Waals surface area contributed by atoms with Gasteiger partial charge in [-0.05, 0) is 30.7 Å². The monoisotopic (exact) mass is 519 g/mol. The number of amides is 5. The van der Waals surface area contributed by atoms with Crippen LogP contribution in [-0.2, 0) is 17.8 Å². The maximum atomic E-state index is 12.7. The second kappa shape index (κ2) is 14.0. The van der Waals surface area contributed by atoms with Crippen molar-refractivity contribution in [2.45, 2.75) is 44.3 Å². The van der Waals surface area contributed by atoms with Gasteiger partial charge in [0, 0.05) is 57.3 Å². The van der Waals surface area contributed by atoms with E-state index in [2.05, 4.69) is 21.3 Å². The molecule has 3 rings (SSSR count). The molecule has 0 bridgehead atoms. The number of rotatable bonds is 12. The Morgan fingerprint density at radius 1 is 1.08 bits per heavy atom. The van der Waals surface area contributed by atoms with E-state index in [0.29, 0.717) is 63.3 Å². The van der Waals surface area contributed by atoms with Crippen molar-refractivity contribution in [3.63, 3.8) is 0 Å². The molecule has 0 unspecified atom stereocenters. The fourth-order valence-corrected chi connectivity index (χ4v) is 4.66. The van der Waals surface area contributed by atoms with Gasteiger partial charge in [-0.3, -0.25) is 4.79 Å². The molecule has 204 valence electrons. The van der Waals surface area contributed by atoms with Crippen molar-refractivity contribution in [3.8, 4) is 5.75 Å². The Bertz CT molecular complexity index is 933. The van der Waals surface area contributed by atoms with Crippen LogP contribution in [0.25, 0.3) is 0 Å². The van der Waals surface area contributed by atoms with Crippen LogP contribution in [-0.4, -0.2) is 91.4 Å². The van der Waals surface area contributed by atoms with E-state index >= 15 is 0 Å². The van der Waals surface area contributed by atoms with Crippen LogP contribution in [0.1, 0.15) is 30.4 Å². The van der Waals surface area contributed by atoms with E-state index in [4.69, 9.17) is 16.1 Å². The van der Waals surface area contributed by atoms with Gasteiger partial charge in [-0.1, -0.05) is 18.2 Å². The molecule has 0 saturated heterocycles. The summed E-state index contributed by atoms with van der Waals surface area (Å²) in [6.45, 7) is 1.74. The van der Waals surface area contributed by atoms with Crippen molar-refractivity contribution in [3.05, 3.63) is 29.3 Å². The van der Waals surface area contributed by atoms with Gasteiger partial charge in [-0.15, -0.1) is 0 Å². The normalized spacial score (nSPS) is 20.1. The van der Waals surface area contributed by atoms with Gasteiger partial charge in [0.15, 0.2) is 0 Å². The lowest BCUT2D eigenvalue weighted by Gasteiger charge is -2.43. The molecule has 1 fully saturated rings. The Kier molecular flexibility index (Phi) is 10.8. The number of urea groups is 2. The molecule has 0 aromatic heterocycles. The van der Waals surface area contributed by atoms with Crippen LogP contribution in [0.2, 0.25) is 0 Å². The van der Waals surface area contributed by atoms with Crippen LogP contribution < -0.4 is 37.4 Å². The molecule has 1 atom stereocenters. The number of benzene rings is 1. The number of nitrogens with two attached hydrogens (primary N) is 2. The van der Waals surface area contributed by atoms with E-state index in [9.17, 15) is 24.5 Å². The van der Waals surface area contributed by atoms with E-state index in [1.165, 1.54) is 0 Å². The molecule has 1 aliphatic heterocycles. The number of hydrogen-bond donors (Lipinski definition) is 8. The second-order valence-electron chi connectivity index (χ2n) is 9.33. The maximum absolute atomic E-state index is 12.7. The van der Waals surface area contributed by atoms with Crippen molar-refractivity contribution < 1.29 is 29.2 Å². The van der Waals surface area contributed by atoms with Gasteiger partial charge in [-0.25, -0.2) is 9.59 Å². The fraction of sp³-hybridized carbons (Fsp3) is 0.609. The minimum atomic E-state index is -1.21. The minimum Gasteiger partial charge on any atom is -0.534 e. The summed E-state index contributed by atoms with van der Waals surface area (Å²) in [5.41, 5.74) is 12.3. The third-order valence-corrected chi connectivity index (χ3v) is 6.59. The molecule has 1 aromatic rings. The fourth-order valence-electron chi connectivity index (χ4n) is 4.66. The molecule has 10 N–H and O–H groups in total. The molecule has 1 aromatic carbocycles. The zero-order chi connectivity index (χ0) is 26.8. The largest absolute Gasteiger partial charge is 0.547 e. The van der Waals surface area contributed by atoms with Crippen molar-refractivity contribution in [2.24, 2.45) is 17.4 Å². The first-order valence-electron chi connectivity index (χ1n) is 12.7. The number of nitrogens with one attached hydrogen (secondary N) is 4. The predicted molar refractivity (Wildman–Crippen MR) is 137 cm³/mol. The van der Waals surface area contributed by atoms with Crippen LogP contribution >= 0.6 is 0 Å². The zero-order valence-electron chi connectivity index (χ0n) is 20.9. The number of para-hydroxylation sites is 1. The zero-order valence-corrected chi connectivity index (χ0v) is 20.9. The number of carbonyl (C=O) groups excluding carboxylic acids is 3. The average molecular weight is 519 g/mol. The van der Waals surface area contributed by atoms with Crippen molar-refractivity contribution >= 4 is 25.1 Å². The summed E-state index contributed by atoms with van der Waals surface area (Å²) >= 11 is 0. The lowest BCUT2D eigenvalue weighted by Crippen LogP contribution is -2.56. The molecule has 1 saturated carbocycles. The quantitative estimate of drug-likeness (QED) is 0.145. The van der Waals surface area contributed by atoms with E-state index in [-0.39, 0.29) is 49.5 Å². The SMILES string of the molecule is NCCNC(=O)NCCN(C(=O)NCCN)C1CC(CC(=O)N[C@H]2Cc3cccc(CO)c3OB2O)C1. The minimum absolute atomic E-state index is 0.0585. The van der Waals surface area contributed by atoms with Crippen LogP contribution in [0.15, 0.2) is 18.2 Å². The third kappa shape index (κ3) is 7.96. The van der Waals surface area contributed by atoms with Gasteiger partial charge in [0.25, 0.3) is 0 Å². The molecule has 1 heterocycles. The van der Waals surface area contributed by atoms with Gasteiger partial charge in [0.1, 0.15) is 5.75 Å². The first-order valence-corrected chi connectivity index (χ1v) is 12.7. The summed E-state index contributed by atoms with van der Waals surface area (Å²) in [5, 5.41) is 30.8. The smallest absolute Gasteiger partial charge is 0.534 e. The highest BCUT2D eigenvalue weighted by Gasteiger charge is 2.40. The maximum Gasteiger partial charge on any atom is 0.547 e.